The number of rotatable bonds is 4. The Kier molecular flexibility index (Phi) is 6.37. The molecule has 4 rings (SSSR count). The molecule has 1 saturated heterocycles. The standard InChI is InChI=1S/C21H14Cl2N2OS3/c1-12-16(23)3-2-4-17(12)24-21-25-20(26)18(29-21)11-15-9-10-19(28-15)27-14-7-5-13(22)6-8-14/h2-11H,1H3,(H,24,25,26)/b18-11+. The first-order valence-electron chi connectivity index (χ1n) is 8.56. The molecule has 3 aromatic rings. The zero-order valence-corrected chi connectivity index (χ0v) is 19.1. The van der Waals surface area contributed by atoms with Crippen molar-refractivity contribution in [1.82, 2.24) is 5.32 Å². The number of hydrogen-bond donors (Lipinski definition) is 1. The fourth-order valence-corrected chi connectivity index (χ4v) is 5.78. The minimum Gasteiger partial charge on any atom is -0.300 e. The van der Waals surface area contributed by atoms with E-state index in [1.165, 1.54) is 11.8 Å². The molecule has 2 aromatic carbocycles. The Morgan fingerprint density at radius 3 is 2.66 bits per heavy atom. The largest absolute Gasteiger partial charge is 0.300 e. The van der Waals surface area contributed by atoms with Crippen molar-refractivity contribution < 1.29 is 4.79 Å². The van der Waals surface area contributed by atoms with E-state index in [0.29, 0.717) is 15.1 Å². The smallest absolute Gasteiger partial charge is 0.264 e. The van der Waals surface area contributed by atoms with E-state index >= 15 is 0 Å². The second kappa shape index (κ2) is 8.98. The third-order valence-electron chi connectivity index (χ3n) is 4.02. The van der Waals surface area contributed by atoms with E-state index in [2.05, 4.69) is 16.4 Å². The number of halogens is 2. The second-order valence-electron chi connectivity index (χ2n) is 6.08. The SMILES string of the molecule is Cc1c(Cl)cccc1N=C1NC(=O)/C(=C\c2ccc(Sc3ccc(Cl)cc3)s2)S1. The molecule has 8 heteroatoms. The third kappa shape index (κ3) is 5.08. The summed E-state index contributed by atoms with van der Waals surface area (Å²) in [6.07, 6.45) is 1.89. The average molecular weight is 477 g/mol. The molecule has 1 amide bonds. The van der Waals surface area contributed by atoms with E-state index < -0.39 is 0 Å². The molecule has 1 fully saturated rings. The van der Waals surface area contributed by atoms with Gasteiger partial charge in [0.15, 0.2) is 5.17 Å². The maximum absolute atomic E-state index is 12.3. The van der Waals surface area contributed by atoms with E-state index in [0.717, 1.165) is 30.3 Å². The van der Waals surface area contributed by atoms with Gasteiger partial charge in [-0.15, -0.1) is 11.3 Å². The molecule has 1 N–H and O–H groups in total. The van der Waals surface area contributed by atoms with Crippen molar-refractivity contribution in [2.45, 2.75) is 16.0 Å². The molecule has 0 unspecified atom stereocenters. The summed E-state index contributed by atoms with van der Waals surface area (Å²) in [5.41, 5.74) is 1.63. The van der Waals surface area contributed by atoms with Gasteiger partial charge in [0, 0.05) is 19.8 Å². The van der Waals surface area contributed by atoms with Crippen molar-refractivity contribution >= 4 is 80.9 Å². The second-order valence-corrected chi connectivity index (χ2v) is 10.4. The van der Waals surface area contributed by atoms with Crippen LogP contribution in [0.5, 0.6) is 0 Å². The highest BCUT2D eigenvalue weighted by Crippen LogP contribution is 2.36. The average Bonchev–Trinajstić information content (AvgIpc) is 3.27. The zero-order valence-electron chi connectivity index (χ0n) is 15.1. The highest BCUT2D eigenvalue weighted by molar-refractivity contribution is 8.18. The van der Waals surface area contributed by atoms with Crippen LogP contribution in [0.2, 0.25) is 10.0 Å². The predicted molar refractivity (Wildman–Crippen MR) is 127 cm³/mol. The fraction of sp³-hybridized carbons (Fsp3) is 0.0476. The number of thiophene rings is 1. The molecular weight excluding hydrogens is 463 g/mol. The Labute approximate surface area is 191 Å². The van der Waals surface area contributed by atoms with Crippen molar-refractivity contribution in [3.8, 4) is 0 Å². The number of aliphatic imine (C=N–C) groups is 1. The summed E-state index contributed by atoms with van der Waals surface area (Å²) < 4.78 is 1.14. The molecule has 146 valence electrons. The van der Waals surface area contributed by atoms with Gasteiger partial charge < -0.3 is 5.32 Å². The molecule has 1 aliphatic heterocycles. The lowest BCUT2D eigenvalue weighted by atomic mass is 10.2. The Morgan fingerprint density at radius 1 is 1.07 bits per heavy atom. The topological polar surface area (TPSA) is 41.5 Å². The van der Waals surface area contributed by atoms with E-state index in [1.807, 2.05) is 61.5 Å². The third-order valence-corrected chi connectivity index (χ3v) is 7.76. The van der Waals surface area contributed by atoms with Gasteiger partial charge in [-0.25, -0.2) is 4.99 Å². The van der Waals surface area contributed by atoms with Crippen molar-refractivity contribution in [2.24, 2.45) is 4.99 Å². The first-order chi connectivity index (χ1) is 14.0. The van der Waals surface area contributed by atoms with E-state index in [-0.39, 0.29) is 5.91 Å². The summed E-state index contributed by atoms with van der Waals surface area (Å²) in [5.74, 6) is -0.145. The monoisotopic (exact) mass is 476 g/mol. The highest BCUT2D eigenvalue weighted by Gasteiger charge is 2.24. The molecule has 3 nitrogen and oxygen atoms in total. The number of nitrogens with zero attached hydrogens (tertiary/aromatic N) is 1. The molecule has 0 aliphatic carbocycles. The fourth-order valence-electron chi connectivity index (χ4n) is 2.52. The normalized spacial score (nSPS) is 16.6. The van der Waals surface area contributed by atoms with Crippen LogP contribution in [-0.2, 0) is 4.79 Å². The van der Waals surface area contributed by atoms with Gasteiger partial charge >= 0.3 is 0 Å². The zero-order chi connectivity index (χ0) is 20.4. The molecule has 0 radical (unpaired) electrons. The summed E-state index contributed by atoms with van der Waals surface area (Å²) in [6.45, 7) is 1.91. The van der Waals surface area contributed by atoms with Crippen molar-refractivity contribution in [3.05, 3.63) is 80.0 Å². The maximum atomic E-state index is 12.3. The first kappa shape index (κ1) is 20.6. The quantitative estimate of drug-likeness (QED) is 0.398. The van der Waals surface area contributed by atoms with Gasteiger partial charge in [0.25, 0.3) is 5.91 Å². The predicted octanol–water partition coefficient (Wildman–Crippen LogP) is 7.41. The van der Waals surface area contributed by atoms with Crippen LogP contribution in [0.3, 0.4) is 0 Å². The van der Waals surface area contributed by atoms with Gasteiger partial charge in [-0.05, 0) is 78.9 Å². The number of thioether (sulfide) groups is 1. The van der Waals surface area contributed by atoms with Crippen LogP contribution in [0.25, 0.3) is 6.08 Å². The van der Waals surface area contributed by atoms with Crippen LogP contribution in [-0.4, -0.2) is 11.1 Å². The number of carbonyl (C=O) groups excluding carboxylic acids is 1. The molecule has 1 aromatic heterocycles. The lowest BCUT2D eigenvalue weighted by molar-refractivity contribution is -0.115. The highest BCUT2D eigenvalue weighted by atomic mass is 35.5. The van der Waals surface area contributed by atoms with Crippen molar-refractivity contribution in [3.63, 3.8) is 0 Å². The Balaban J connectivity index is 1.49. The van der Waals surface area contributed by atoms with Crippen LogP contribution >= 0.6 is 58.1 Å². The molecule has 29 heavy (non-hydrogen) atoms. The number of benzene rings is 2. The van der Waals surface area contributed by atoms with Crippen LogP contribution < -0.4 is 5.32 Å². The van der Waals surface area contributed by atoms with Crippen LogP contribution in [0, 0.1) is 6.92 Å². The summed E-state index contributed by atoms with van der Waals surface area (Å²) in [7, 11) is 0. The summed E-state index contributed by atoms with van der Waals surface area (Å²) >= 11 is 16.7. The number of carbonyl (C=O) groups is 1. The Hall–Kier alpha value is -1.70. The molecule has 1 aliphatic rings. The van der Waals surface area contributed by atoms with Gasteiger partial charge in [0.1, 0.15) is 0 Å². The van der Waals surface area contributed by atoms with Crippen LogP contribution in [0.4, 0.5) is 5.69 Å². The number of nitrogens with one attached hydrogen (secondary N) is 1. The molecule has 0 atom stereocenters. The Morgan fingerprint density at radius 2 is 1.86 bits per heavy atom. The van der Waals surface area contributed by atoms with Crippen LogP contribution in [0.1, 0.15) is 10.4 Å². The van der Waals surface area contributed by atoms with Gasteiger partial charge in [-0.3, -0.25) is 4.79 Å². The van der Waals surface area contributed by atoms with E-state index in [9.17, 15) is 4.79 Å². The molecule has 0 spiro atoms. The molecule has 0 bridgehead atoms. The van der Waals surface area contributed by atoms with Gasteiger partial charge in [0.2, 0.25) is 0 Å². The summed E-state index contributed by atoms with van der Waals surface area (Å²) in [6, 6.07) is 17.4. The van der Waals surface area contributed by atoms with Gasteiger partial charge in [-0.2, -0.15) is 0 Å². The maximum Gasteiger partial charge on any atom is 0.264 e. The molecule has 0 saturated carbocycles. The van der Waals surface area contributed by atoms with Crippen molar-refractivity contribution in [2.75, 3.05) is 0 Å². The van der Waals surface area contributed by atoms with Crippen LogP contribution in [0.15, 0.2) is 73.6 Å². The number of amidine groups is 1. The Bertz CT molecular complexity index is 1140. The van der Waals surface area contributed by atoms with E-state index in [1.54, 1.807) is 23.1 Å². The number of amides is 1. The van der Waals surface area contributed by atoms with Crippen molar-refractivity contribution in [1.29, 1.82) is 0 Å². The van der Waals surface area contributed by atoms with Gasteiger partial charge in [0.05, 0.1) is 14.8 Å². The lowest BCUT2D eigenvalue weighted by Gasteiger charge is -2.02. The number of hydrogen-bond acceptors (Lipinski definition) is 5. The lowest BCUT2D eigenvalue weighted by Crippen LogP contribution is -2.19. The molecule has 2 heterocycles. The minimum atomic E-state index is -0.145. The molecular formula is C21H14Cl2N2OS3. The summed E-state index contributed by atoms with van der Waals surface area (Å²) in [5, 5.41) is 4.75. The van der Waals surface area contributed by atoms with E-state index in [4.69, 9.17) is 23.2 Å². The van der Waals surface area contributed by atoms with Gasteiger partial charge in [-0.1, -0.05) is 41.0 Å². The minimum absolute atomic E-state index is 0.145. The first-order valence-corrected chi connectivity index (χ1v) is 11.8. The summed E-state index contributed by atoms with van der Waals surface area (Å²) in [4.78, 5) is 19.6.